The van der Waals surface area contributed by atoms with E-state index in [1.807, 2.05) is 6.07 Å². The number of ether oxygens (including phenoxy) is 1. The largest absolute Gasteiger partial charge is 0.449 e. The summed E-state index contributed by atoms with van der Waals surface area (Å²) >= 11 is 0. The number of amides is 1. The van der Waals surface area contributed by atoms with E-state index in [2.05, 4.69) is 5.32 Å². The number of nitro benzene ring substituents is 1. The maximum absolute atomic E-state index is 12.1. The van der Waals surface area contributed by atoms with Crippen LogP contribution in [0, 0.1) is 21.4 Å². The molecule has 0 saturated carbocycles. The third-order valence-electron chi connectivity index (χ3n) is 3.44. The molecule has 1 N–H and O–H groups in total. The van der Waals surface area contributed by atoms with Crippen LogP contribution >= 0.6 is 0 Å². The number of nitriles is 1. The third-order valence-corrected chi connectivity index (χ3v) is 3.44. The molecule has 0 aliphatic heterocycles. The predicted octanol–water partition coefficient (Wildman–Crippen LogP) is 3.05. The summed E-state index contributed by atoms with van der Waals surface area (Å²) in [6, 6.07) is 13.9. The van der Waals surface area contributed by atoms with Gasteiger partial charge in [-0.1, -0.05) is 6.07 Å². The maximum atomic E-state index is 12.1. The van der Waals surface area contributed by atoms with Crippen molar-refractivity contribution in [1.82, 2.24) is 0 Å². The van der Waals surface area contributed by atoms with E-state index in [0.29, 0.717) is 16.8 Å². The summed E-state index contributed by atoms with van der Waals surface area (Å²) in [5.74, 6) is -1.27. The Kier molecular flexibility index (Phi) is 6.39. The second kappa shape index (κ2) is 8.92. The van der Waals surface area contributed by atoms with Crippen LogP contribution in [0.5, 0.6) is 0 Å². The van der Waals surface area contributed by atoms with E-state index in [1.165, 1.54) is 43.3 Å². The van der Waals surface area contributed by atoms with E-state index in [1.54, 1.807) is 18.2 Å². The summed E-state index contributed by atoms with van der Waals surface area (Å²) in [4.78, 5) is 34.0. The number of nitrogens with one attached hydrogen (secondary N) is 1. The van der Waals surface area contributed by atoms with Gasteiger partial charge in [0.15, 0.2) is 6.10 Å². The number of benzene rings is 2. The molecule has 8 nitrogen and oxygen atoms in total. The zero-order valence-corrected chi connectivity index (χ0v) is 14.3. The summed E-state index contributed by atoms with van der Waals surface area (Å²) in [5.41, 5.74) is 1.33. The van der Waals surface area contributed by atoms with Gasteiger partial charge in [-0.2, -0.15) is 5.26 Å². The number of non-ortho nitro benzene ring substituents is 1. The minimum atomic E-state index is -1.05. The molecule has 0 radical (unpaired) electrons. The van der Waals surface area contributed by atoms with Gasteiger partial charge in [-0.3, -0.25) is 14.9 Å². The van der Waals surface area contributed by atoms with Crippen molar-refractivity contribution in [2.75, 3.05) is 5.32 Å². The molecule has 0 aromatic heterocycles. The minimum absolute atomic E-state index is 0.0551. The summed E-state index contributed by atoms with van der Waals surface area (Å²) in [7, 11) is 0. The number of esters is 1. The molecular weight excluding hydrogens is 350 g/mol. The lowest BCUT2D eigenvalue weighted by Crippen LogP contribution is -2.29. The first-order valence-corrected chi connectivity index (χ1v) is 7.83. The Morgan fingerprint density at radius 3 is 2.59 bits per heavy atom. The standard InChI is InChI=1S/C19H15N3O5/c1-13(19(24)21-16-4-2-3-15(11-16)12-20)27-18(23)10-7-14-5-8-17(9-6-14)22(25)26/h2-11,13H,1H3,(H,21,24)/b10-7+. The molecule has 27 heavy (non-hydrogen) atoms. The quantitative estimate of drug-likeness (QED) is 0.363. The smallest absolute Gasteiger partial charge is 0.331 e. The zero-order chi connectivity index (χ0) is 19.8. The van der Waals surface area contributed by atoms with Gasteiger partial charge in [0.1, 0.15) is 0 Å². The Hall–Kier alpha value is -3.99. The van der Waals surface area contributed by atoms with E-state index in [0.717, 1.165) is 6.08 Å². The molecule has 2 aromatic carbocycles. The fourth-order valence-electron chi connectivity index (χ4n) is 2.05. The second-order valence-electron chi connectivity index (χ2n) is 5.44. The van der Waals surface area contributed by atoms with Gasteiger partial charge in [-0.25, -0.2) is 4.79 Å². The molecule has 1 atom stereocenters. The summed E-state index contributed by atoms with van der Waals surface area (Å²) in [5, 5.41) is 22.0. The van der Waals surface area contributed by atoms with E-state index in [9.17, 15) is 19.7 Å². The van der Waals surface area contributed by atoms with Crippen molar-refractivity contribution in [3.8, 4) is 6.07 Å². The molecule has 1 unspecified atom stereocenters. The van der Waals surface area contributed by atoms with Gasteiger partial charge in [0.2, 0.25) is 0 Å². The molecule has 0 fully saturated rings. The highest BCUT2D eigenvalue weighted by atomic mass is 16.6. The van der Waals surface area contributed by atoms with Crippen molar-refractivity contribution in [2.45, 2.75) is 13.0 Å². The third kappa shape index (κ3) is 5.79. The normalized spacial score (nSPS) is 11.4. The molecular formula is C19H15N3O5. The van der Waals surface area contributed by atoms with Crippen molar-refractivity contribution in [3.05, 3.63) is 75.8 Å². The molecule has 0 saturated heterocycles. The van der Waals surface area contributed by atoms with Crippen molar-refractivity contribution in [3.63, 3.8) is 0 Å². The minimum Gasteiger partial charge on any atom is -0.449 e. The number of rotatable bonds is 6. The van der Waals surface area contributed by atoms with Crippen LogP contribution in [-0.4, -0.2) is 22.9 Å². The fraction of sp³-hybridized carbons (Fsp3) is 0.105. The zero-order valence-electron chi connectivity index (χ0n) is 14.3. The highest BCUT2D eigenvalue weighted by Gasteiger charge is 2.16. The average molecular weight is 365 g/mol. The Morgan fingerprint density at radius 2 is 1.96 bits per heavy atom. The molecule has 0 heterocycles. The second-order valence-corrected chi connectivity index (χ2v) is 5.44. The number of carbonyl (C=O) groups is 2. The Morgan fingerprint density at radius 1 is 1.26 bits per heavy atom. The van der Waals surface area contributed by atoms with Gasteiger partial charge in [0, 0.05) is 23.9 Å². The number of carbonyl (C=O) groups excluding carboxylic acids is 2. The van der Waals surface area contributed by atoms with Crippen molar-refractivity contribution in [2.24, 2.45) is 0 Å². The van der Waals surface area contributed by atoms with Gasteiger partial charge < -0.3 is 10.1 Å². The van der Waals surface area contributed by atoms with Crippen LogP contribution in [0.2, 0.25) is 0 Å². The van der Waals surface area contributed by atoms with Crippen molar-refractivity contribution < 1.29 is 19.2 Å². The van der Waals surface area contributed by atoms with Gasteiger partial charge >= 0.3 is 5.97 Å². The fourth-order valence-corrected chi connectivity index (χ4v) is 2.05. The lowest BCUT2D eigenvalue weighted by molar-refractivity contribution is -0.384. The lowest BCUT2D eigenvalue weighted by Gasteiger charge is -2.12. The lowest BCUT2D eigenvalue weighted by atomic mass is 10.2. The highest BCUT2D eigenvalue weighted by Crippen LogP contribution is 2.13. The first kappa shape index (κ1) is 19.3. The van der Waals surface area contributed by atoms with E-state index >= 15 is 0 Å². The number of nitro groups is 1. The van der Waals surface area contributed by atoms with Crippen LogP contribution in [0.1, 0.15) is 18.1 Å². The van der Waals surface area contributed by atoms with E-state index < -0.39 is 22.9 Å². The molecule has 1 amide bonds. The summed E-state index contributed by atoms with van der Waals surface area (Å²) in [6.45, 7) is 1.42. The maximum Gasteiger partial charge on any atom is 0.331 e. The molecule has 0 bridgehead atoms. The number of hydrogen-bond donors (Lipinski definition) is 1. The van der Waals surface area contributed by atoms with Crippen LogP contribution in [0.15, 0.2) is 54.6 Å². The first-order chi connectivity index (χ1) is 12.9. The molecule has 8 heteroatoms. The van der Waals surface area contributed by atoms with Gasteiger partial charge in [0.05, 0.1) is 16.6 Å². The van der Waals surface area contributed by atoms with Crippen LogP contribution < -0.4 is 5.32 Å². The van der Waals surface area contributed by atoms with Crippen molar-refractivity contribution in [1.29, 1.82) is 5.26 Å². The first-order valence-electron chi connectivity index (χ1n) is 7.83. The van der Waals surface area contributed by atoms with Gasteiger partial charge in [-0.05, 0) is 48.9 Å². The average Bonchev–Trinajstić information content (AvgIpc) is 2.66. The van der Waals surface area contributed by atoms with Crippen LogP contribution in [0.3, 0.4) is 0 Å². The number of hydrogen-bond acceptors (Lipinski definition) is 6. The summed E-state index contributed by atoms with van der Waals surface area (Å²) in [6.07, 6.45) is 1.50. The van der Waals surface area contributed by atoms with E-state index in [4.69, 9.17) is 10.00 Å². The Bertz CT molecular complexity index is 929. The highest BCUT2D eigenvalue weighted by molar-refractivity contribution is 5.96. The van der Waals surface area contributed by atoms with Crippen molar-refractivity contribution >= 4 is 29.3 Å². The van der Waals surface area contributed by atoms with Crippen LogP contribution in [-0.2, 0) is 14.3 Å². The molecule has 0 aliphatic rings. The monoisotopic (exact) mass is 365 g/mol. The molecule has 2 aromatic rings. The van der Waals surface area contributed by atoms with Gasteiger partial charge in [0.25, 0.3) is 11.6 Å². The molecule has 0 aliphatic carbocycles. The van der Waals surface area contributed by atoms with E-state index in [-0.39, 0.29) is 5.69 Å². The molecule has 2 rings (SSSR count). The van der Waals surface area contributed by atoms with Crippen LogP contribution in [0.4, 0.5) is 11.4 Å². The number of nitrogens with zero attached hydrogens (tertiary/aromatic N) is 2. The number of anilines is 1. The predicted molar refractivity (Wildman–Crippen MR) is 97.5 cm³/mol. The molecule has 136 valence electrons. The topological polar surface area (TPSA) is 122 Å². The van der Waals surface area contributed by atoms with Gasteiger partial charge in [-0.15, -0.1) is 0 Å². The molecule has 0 spiro atoms. The van der Waals surface area contributed by atoms with Crippen LogP contribution in [0.25, 0.3) is 6.08 Å². The summed E-state index contributed by atoms with van der Waals surface area (Å²) < 4.78 is 5.01. The Balaban J connectivity index is 1.91. The SMILES string of the molecule is CC(OC(=O)/C=C/c1ccc([N+](=O)[O-])cc1)C(=O)Nc1cccc(C#N)c1. The Labute approximate surface area is 154 Å².